The maximum Gasteiger partial charge on any atom is 0.339 e. The lowest BCUT2D eigenvalue weighted by Crippen LogP contribution is -2.43. The Hall–Kier alpha value is -2.24. The monoisotopic (exact) mass is 292 g/mol. The minimum Gasteiger partial charge on any atom is -0.489 e. The van der Waals surface area contributed by atoms with Crippen LogP contribution in [0.25, 0.3) is 0 Å². The number of nitrogens with zero attached hydrogens (tertiary/aromatic N) is 2. The van der Waals surface area contributed by atoms with E-state index in [4.69, 9.17) is 4.74 Å². The number of carbonyl (C=O) groups excluding carboxylic acids is 1. The molecule has 21 heavy (non-hydrogen) atoms. The van der Waals surface area contributed by atoms with Gasteiger partial charge < -0.3 is 19.6 Å². The summed E-state index contributed by atoms with van der Waals surface area (Å²) in [7, 11) is 0. The minimum absolute atomic E-state index is 0.0357. The van der Waals surface area contributed by atoms with Crippen molar-refractivity contribution >= 4 is 17.6 Å². The van der Waals surface area contributed by atoms with E-state index in [2.05, 4.69) is 0 Å². The van der Waals surface area contributed by atoms with Crippen molar-refractivity contribution < 1.29 is 19.4 Å². The van der Waals surface area contributed by atoms with Crippen LogP contribution < -0.4 is 9.64 Å². The van der Waals surface area contributed by atoms with Gasteiger partial charge in [0.1, 0.15) is 12.2 Å². The van der Waals surface area contributed by atoms with Gasteiger partial charge in [0.05, 0.1) is 18.8 Å². The number of benzene rings is 1. The molecule has 1 aromatic carbocycles. The zero-order chi connectivity index (χ0) is 15.4. The summed E-state index contributed by atoms with van der Waals surface area (Å²) in [6.45, 7) is 6.41. The van der Waals surface area contributed by atoms with Crippen molar-refractivity contribution in [3.63, 3.8) is 0 Å². The second-order valence-electron chi connectivity index (χ2n) is 4.80. The van der Waals surface area contributed by atoms with Crippen molar-refractivity contribution in [3.8, 4) is 5.75 Å². The summed E-state index contributed by atoms with van der Waals surface area (Å²) in [6, 6.07) is 4.97. The Morgan fingerprint density at radius 2 is 2.05 bits per heavy atom. The van der Waals surface area contributed by atoms with Crippen LogP contribution in [0.1, 0.15) is 24.2 Å². The van der Waals surface area contributed by atoms with E-state index in [0.717, 1.165) is 0 Å². The molecule has 0 fully saturated rings. The second kappa shape index (κ2) is 6.47. The summed E-state index contributed by atoms with van der Waals surface area (Å²) in [6.07, 6.45) is 0. The molecule has 6 heteroatoms. The van der Waals surface area contributed by atoms with E-state index in [1.54, 1.807) is 17.0 Å². The van der Waals surface area contributed by atoms with Gasteiger partial charge in [0.2, 0.25) is 5.91 Å². The van der Waals surface area contributed by atoms with Crippen LogP contribution in [0.5, 0.6) is 5.75 Å². The lowest BCUT2D eigenvalue weighted by Gasteiger charge is -2.32. The van der Waals surface area contributed by atoms with Gasteiger partial charge in [-0.15, -0.1) is 0 Å². The van der Waals surface area contributed by atoms with E-state index in [1.807, 2.05) is 18.7 Å². The number of hydrogen-bond donors (Lipinski definition) is 1. The SMILES string of the molecule is CCN(CC)C(=O)CN1CCOc2c(C(=O)O)cccc21. The number of carboxylic acids is 1. The van der Waals surface area contributed by atoms with Gasteiger partial charge in [-0.25, -0.2) is 4.79 Å². The van der Waals surface area contributed by atoms with Gasteiger partial charge in [-0.2, -0.15) is 0 Å². The first kappa shape index (κ1) is 15.2. The number of carboxylic acid groups (broad SMARTS) is 1. The molecule has 1 heterocycles. The first-order valence-electron chi connectivity index (χ1n) is 7.10. The summed E-state index contributed by atoms with van der Waals surface area (Å²) in [5.74, 6) is -0.638. The average molecular weight is 292 g/mol. The van der Waals surface area contributed by atoms with Crippen LogP contribution in [-0.4, -0.2) is 54.7 Å². The van der Waals surface area contributed by atoms with Gasteiger partial charge in [-0.1, -0.05) is 6.07 Å². The van der Waals surface area contributed by atoms with Crippen LogP contribution in [0, 0.1) is 0 Å². The fourth-order valence-electron chi connectivity index (χ4n) is 2.48. The Morgan fingerprint density at radius 3 is 2.67 bits per heavy atom. The third-order valence-corrected chi connectivity index (χ3v) is 3.62. The predicted octanol–water partition coefficient (Wildman–Crippen LogP) is 1.45. The zero-order valence-electron chi connectivity index (χ0n) is 12.3. The summed E-state index contributed by atoms with van der Waals surface area (Å²) in [5.41, 5.74) is 0.800. The van der Waals surface area contributed by atoms with Crippen LogP contribution in [0.3, 0.4) is 0 Å². The smallest absolute Gasteiger partial charge is 0.339 e. The number of hydrogen-bond acceptors (Lipinski definition) is 4. The van der Waals surface area contributed by atoms with E-state index in [0.29, 0.717) is 37.7 Å². The number of anilines is 1. The zero-order valence-corrected chi connectivity index (χ0v) is 12.3. The standard InChI is InChI=1S/C15H20N2O4/c1-3-16(4-2)13(18)10-17-8-9-21-14-11(15(19)20)6-5-7-12(14)17/h5-7H,3-4,8-10H2,1-2H3,(H,19,20). The van der Waals surface area contributed by atoms with E-state index >= 15 is 0 Å². The molecule has 0 saturated carbocycles. The molecule has 0 spiro atoms. The molecule has 2 rings (SSSR count). The van der Waals surface area contributed by atoms with Crippen LogP contribution >= 0.6 is 0 Å². The second-order valence-corrected chi connectivity index (χ2v) is 4.80. The van der Waals surface area contributed by atoms with E-state index < -0.39 is 5.97 Å². The van der Waals surface area contributed by atoms with Crippen LogP contribution in [0.2, 0.25) is 0 Å². The maximum absolute atomic E-state index is 12.2. The van der Waals surface area contributed by atoms with Gasteiger partial charge in [-0.3, -0.25) is 4.79 Å². The molecule has 0 atom stereocenters. The molecule has 1 aliphatic rings. The van der Waals surface area contributed by atoms with E-state index in [9.17, 15) is 14.7 Å². The van der Waals surface area contributed by atoms with Crippen molar-refractivity contribution in [2.75, 3.05) is 37.7 Å². The summed E-state index contributed by atoms with van der Waals surface area (Å²) < 4.78 is 5.49. The van der Waals surface area contributed by atoms with Crippen molar-refractivity contribution in [2.24, 2.45) is 0 Å². The Morgan fingerprint density at radius 1 is 1.33 bits per heavy atom. The molecule has 6 nitrogen and oxygen atoms in total. The first-order valence-corrected chi connectivity index (χ1v) is 7.10. The first-order chi connectivity index (χ1) is 10.1. The average Bonchev–Trinajstić information content (AvgIpc) is 2.48. The molecule has 0 bridgehead atoms. The normalized spacial score (nSPS) is 13.3. The number of para-hydroxylation sites is 1. The molecule has 0 aromatic heterocycles. The quantitative estimate of drug-likeness (QED) is 0.889. The lowest BCUT2D eigenvalue weighted by atomic mass is 10.1. The third kappa shape index (κ3) is 3.09. The summed E-state index contributed by atoms with van der Waals surface area (Å²) in [5, 5.41) is 9.20. The molecule has 0 radical (unpaired) electrons. The summed E-state index contributed by atoms with van der Waals surface area (Å²) in [4.78, 5) is 27.1. The molecule has 0 unspecified atom stereocenters. The molecule has 114 valence electrons. The third-order valence-electron chi connectivity index (χ3n) is 3.62. The van der Waals surface area contributed by atoms with Crippen molar-refractivity contribution in [3.05, 3.63) is 23.8 Å². The molecule has 0 saturated heterocycles. The largest absolute Gasteiger partial charge is 0.489 e. The van der Waals surface area contributed by atoms with E-state index in [1.165, 1.54) is 6.07 Å². The molecular weight excluding hydrogens is 272 g/mol. The number of aromatic carboxylic acids is 1. The highest BCUT2D eigenvalue weighted by molar-refractivity contribution is 5.94. The molecule has 1 aliphatic heterocycles. The minimum atomic E-state index is -1.02. The Kier molecular flexibility index (Phi) is 4.67. The number of amides is 1. The highest BCUT2D eigenvalue weighted by atomic mass is 16.5. The van der Waals surface area contributed by atoms with Crippen molar-refractivity contribution in [1.29, 1.82) is 0 Å². The van der Waals surface area contributed by atoms with Crippen molar-refractivity contribution in [2.45, 2.75) is 13.8 Å². The fourth-order valence-corrected chi connectivity index (χ4v) is 2.48. The topological polar surface area (TPSA) is 70.1 Å². The number of rotatable bonds is 5. The molecular formula is C15H20N2O4. The Labute approximate surface area is 123 Å². The predicted molar refractivity (Wildman–Crippen MR) is 79.0 cm³/mol. The highest BCUT2D eigenvalue weighted by Gasteiger charge is 2.25. The number of ether oxygens (including phenoxy) is 1. The molecule has 0 aliphatic carbocycles. The number of carbonyl (C=O) groups is 2. The van der Waals surface area contributed by atoms with Gasteiger partial charge in [0, 0.05) is 13.1 Å². The van der Waals surface area contributed by atoms with E-state index in [-0.39, 0.29) is 18.0 Å². The Balaban J connectivity index is 2.25. The van der Waals surface area contributed by atoms with Gasteiger partial charge in [-0.05, 0) is 26.0 Å². The van der Waals surface area contributed by atoms with Crippen LogP contribution in [0.15, 0.2) is 18.2 Å². The van der Waals surface area contributed by atoms with Crippen LogP contribution in [0.4, 0.5) is 5.69 Å². The summed E-state index contributed by atoms with van der Waals surface area (Å²) >= 11 is 0. The van der Waals surface area contributed by atoms with Crippen LogP contribution in [-0.2, 0) is 4.79 Å². The molecule has 1 aromatic rings. The highest BCUT2D eigenvalue weighted by Crippen LogP contribution is 2.34. The maximum atomic E-state index is 12.2. The Bertz CT molecular complexity index is 540. The fraction of sp³-hybridized carbons (Fsp3) is 0.467. The lowest BCUT2D eigenvalue weighted by molar-refractivity contribution is -0.129. The van der Waals surface area contributed by atoms with Crippen molar-refractivity contribution in [1.82, 2.24) is 4.90 Å². The van der Waals surface area contributed by atoms with Gasteiger partial charge in [0.25, 0.3) is 0 Å². The molecule has 1 amide bonds. The number of likely N-dealkylation sites (N-methyl/N-ethyl adjacent to an activating group) is 1. The molecule has 1 N–H and O–H groups in total. The van der Waals surface area contributed by atoms with Gasteiger partial charge >= 0.3 is 5.97 Å². The van der Waals surface area contributed by atoms with Gasteiger partial charge in [0.15, 0.2) is 5.75 Å². The number of fused-ring (bicyclic) bond motifs is 1.